The van der Waals surface area contributed by atoms with Gasteiger partial charge in [0.25, 0.3) is 5.91 Å². The van der Waals surface area contributed by atoms with Crippen molar-refractivity contribution in [2.45, 2.75) is 19.1 Å². The molecule has 1 heterocycles. The maximum absolute atomic E-state index is 12.9. The van der Waals surface area contributed by atoms with Crippen LogP contribution in [0.4, 0.5) is 10.2 Å². The van der Waals surface area contributed by atoms with Crippen LogP contribution < -0.4 is 10.6 Å². The number of nitrogens with one attached hydrogen (secondary N) is 2. The van der Waals surface area contributed by atoms with Crippen LogP contribution in [0, 0.1) is 18.2 Å². The molecule has 2 rings (SSSR count). The van der Waals surface area contributed by atoms with Crippen molar-refractivity contribution in [3.8, 4) is 12.3 Å². The summed E-state index contributed by atoms with van der Waals surface area (Å²) in [6, 6.07) is 8.55. The number of terminal acetylenes is 1. The Morgan fingerprint density at radius 2 is 2.04 bits per heavy atom. The highest BCUT2D eigenvalue weighted by Crippen LogP contribution is 2.20. The van der Waals surface area contributed by atoms with E-state index >= 15 is 0 Å². The van der Waals surface area contributed by atoms with E-state index in [9.17, 15) is 14.3 Å². The van der Waals surface area contributed by atoms with E-state index in [4.69, 9.17) is 6.42 Å². The highest BCUT2D eigenvalue weighted by atomic mass is 19.1. The van der Waals surface area contributed by atoms with Crippen LogP contribution in [0.3, 0.4) is 0 Å². The standard InChI is InChI=1S/C18H18FN3O2/c1-3-10-20-18(24)14-6-9-16(21-11-14)22-12(2)17(23)13-4-7-15(19)8-5-13/h1,4-9,11-12,17,23H,10H2,2H3,(H,20,24)(H,21,22). The molecule has 6 heteroatoms. The Balaban J connectivity index is 1.98. The molecule has 124 valence electrons. The first-order valence-electron chi connectivity index (χ1n) is 7.39. The van der Waals surface area contributed by atoms with E-state index in [1.165, 1.54) is 30.5 Å². The Labute approximate surface area is 139 Å². The molecule has 1 aromatic carbocycles. The number of aliphatic hydroxyl groups is 1. The van der Waals surface area contributed by atoms with Crippen LogP contribution in [0.1, 0.15) is 28.9 Å². The summed E-state index contributed by atoms with van der Waals surface area (Å²) < 4.78 is 12.9. The Morgan fingerprint density at radius 3 is 2.62 bits per heavy atom. The van der Waals surface area contributed by atoms with Gasteiger partial charge in [-0.25, -0.2) is 9.37 Å². The number of aliphatic hydroxyl groups excluding tert-OH is 1. The van der Waals surface area contributed by atoms with E-state index in [0.717, 1.165) is 0 Å². The summed E-state index contributed by atoms with van der Waals surface area (Å²) in [5, 5.41) is 15.9. The molecule has 0 aliphatic rings. The molecule has 0 aliphatic heterocycles. The van der Waals surface area contributed by atoms with Crippen LogP contribution in [-0.2, 0) is 0 Å². The summed E-state index contributed by atoms with van der Waals surface area (Å²) in [6.45, 7) is 1.93. The van der Waals surface area contributed by atoms with E-state index < -0.39 is 6.10 Å². The lowest BCUT2D eigenvalue weighted by Crippen LogP contribution is -2.25. The predicted molar refractivity (Wildman–Crippen MR) is 89.8 cm³/mol. The molecular weight excluding hydrogens is 309 g/mol. The summed E-state index contributed by atoms with van der Waals surface area (Å²) in [5.74, 6) is 2.18. The molecule has 0 saturated carbocycles. The number of benzene rings is 1. The van der Waals surface area contributed by atoms with E-state index in [1.54, 1.807) is 19.1 Å². The minimum Gasteiger partial charge on any atom is -0.386 e. The van der Waals surface area contributed by atoms with Gasteiger partial charge in [0.1, 0.15) is 11.6 Å². The molecule has 0 bridgehead atoms. The Kier molecular flexibility index (Phi) is 5.88. The minimum atomic E-state index is -0.828. The first-order chi connectivity index (χ1) is 11.5. The fourth-order valence-electron chi connectivity index (χ4n) is 2.11. The third-order valence-electron chi connectivity index (χ3n) is 3.44. The quantitative estimate of drug-likeness (QED) is 0.711. The Hall–Kier alpha value is -2.91. The number of carbonyl (C=O) groups is 1. The van der Waals surface area contributed by atoms with Gasteiger partial charge in [0, 0.05) is 6.20 Å². The number of hydrogen-bond acceptors (Lipinski definition) is 4. The smallest absolute Gasteiger partial charge is 0.253 e. The molecule has 24 heavy (non-hydrogen) atoms. The van der Waals surface area contributed by atoms with Crippen molar-refractivity contribution in [1.29, 1.82) is 0 Å². The number of hydrogen-bond donors (Lipinski definition) is 3. The fourth-order valence-corrected chi connectivity index (χ4v) is 2.11. The lowest BCUT2D eigenvalue weighted by molar-refractivity contribution is 0.0958. The largest absolute Gasteiger partial charge is 0.386 e. The van der Waals surface area contributed by atoms with Gasteiger partial charge >= 0.3 is 0 Å². The SMILES string of the molecule is C#CCNC(=O)c1ccc(NC(C)C(O)c2ccc(F)cc2)nc1. The minimum absolute atomic E-state index is 0.153. The van der Waals surface area contributed by atoms with Crippen molar-refractivity contribution >= 4 is 11.7 Å². The van der Waals surface area contributed by atoms with Gasteiger partial charge in [0.05, 0.1) is 24.3 Å². The van der Waals surface area contributed by atoms with Gasteiger partial charge in [-0.05, 0) is 36.8 Å². The molecule has 0 spiro atoms. The van der Waals surface area contributed by atoms with E-state index in [1.807, 2.05) is 0 Å². The molecule has 0 fully saturated rings. The maximum atomic E-state index is 12.9. The van der Waals surface area contributed by atoms with Crippen LogP contribution in [0.2, 0.25) is 0 Å². The van der Waals surface area contributed by atoms with Crippen molar-refractivity contribution in [2.75, 3.05) is 11.9 Å². The van der Waals surface area contributed by atoms with E-state index in [2.05, 4.69) is 21.5 Å². The molecule has 0 saturated heterocycles. The Morgan fingerprint density at radius 1 is 1.33 bits per heavy atom. The van der Waals surface area contributed by atoms with Gasteiger partial charge < -0.3 is 15.7 Å². The third kappa shape index (κ3) is 4.54. The van der Waals surface area contributed by atoms with Gasteiger partial charge in [-0.15, -0.1) is 6.42 Å². The van der Waals surface area contributed by atoms with Gasteiger partial charge in [-0.1, -0.05) is 18.1 Å². The average molecular weight is 327 g/mol. The molecule has 0 aliphatic carbocycles. The summed E-state index contributed by atoms with van der Waals surface area (Å²) in [4.78, 5) is 15.9. The van der Waals surface area contributed by atoms with E-state index in [-0.39, 0.29) is 24.3 Å². The van der Waals surface area contributed by atoms with Crippen molar-refractivity contribution < 1.29 is 14.3 Å². The van der Waals surface area contributed by atoms with Gasteiger partial charge in [-0.3, -0.25) is 4.79 Å². The highest BCUT2D eigenvalue weighted by Gasteiger charge is 2.17. The van der Waals surface area contributed by atoms with Crippen LogP contribution >= 0.6 is 0 Å². The molecule has 0 radical (unpaired) electrons. The monoisotopic (exact) mass is 327 g/mol. The fraction of sp³-hybridized carbons (Fsp3) is 0.222. The van der Waals surface area contributed by atoms with Crippen LogP contribution in [-0.4, -0.2) is 28.6 Å². The lowest BCUT2D eigenvalue weighted by Gasteiger charge is -2.21. The lowest BCUT2D eigenvalue weighted by atomic mass is 10.0. The topological polar surface area (TPSA) is 74.2 Å². The third-order valence-corrected chi connectivity index (χ3v) is 3.44. The number of pyridine rings is 1. The molecular formula is C18H18FN3O2. The van der Waals surface area contributed by atoms with Crippen LogP contribution in [0.5, 0.6) is 0 Å². The second kappa shape index (κ2) is 8.09. The first-order valence-corrected chi connectivity index (χ1v) is 7.39. The molecule has 5 nitrogen and oxygen atoms in total. The zero-order valence-electron chi connectivity index (χ0n) is 13.2. The predicted octanol–water partition coefficient (Wildman–Crippen LogP) is 2.12. The summed E-state index contributed by atoms with van der Waals surface area (Å²) in [5.41, 5.74) is 0.990. The van der Waals surface area contributed by atoms with E-state index in [0.29, 0.717) is 16.9 Å². The molecule has 2 aromatic rings. The normalized spacial score (nSPS) is 12.8. The second-order valence-corrected chi connectivity index (χ2v) is 5.25. The molecule has 1 amide bonds. The van der Waals surface area contributed by atoms with Crippen molar-refractivity contribution in [3.05, 3.63) is 59.5 Å². The van der Waals surface area contributed by atoms with Crippen molar-refractivity contribution in [2.24, 2.45) is 0 Å². The number of nitrogens with zero attached hydrogens (tertiary/aromatic N) is 1. The van der Waals surface area contributed by atoms with Crippen molar-refractivity contribution in [3.63, 3.8) is 0 Å². The average Bonchev–Trinajstić information content (AvgIpc) is 2.60. The zero-order valence-corrected chi connectivity index (χ0v) is 13.2. The summed E-state index contributed by atoms with van der Waals surface area (Å²) in [6.07, 6.45) is 5.68. The Bertz CT molecular complexity index is 723. The second-order valence-electron chi connectivity index (χ2n) is 5.25. The number of amides is 1. The maximum Gasteiger partial charge on any atom is 0.253 e. The van der Waals surface area contributed by atoms with Gasteiger partial charge in [0.2, 0.25) is 0 Å². The van der Waals surface area contributed by atoms with Gasteiger partial charge in [0.15, 0.2) is 0 Å². The number of rotatable bonds is 6. The highest BCUT2D eigenvalue weighted by molar-refractivity contribution is 5.94. The first kappa shape index (κ1) is 17.4. The van der Waals surface area contributed by atoms with Crippen LogP contribution in [0.15, 0.2) is 42.6 Å². The number of aromatic nitrogens is 1. The zero-order chi connectivity index (χ0) is 17.5. The molecule has 3 N–H and O–H groups in total. The van der Waals surface area contributed by atoms with Crippen LogP contribution in [0.25, 0.3) is 0 Å². The summed E-state index contributed by atoms with van der Waals surface area (Å²) in [7, 11) is 0. The van der Waals surface area contributed by atoms with Gasteiger partial charge in [-0.2, -0.15) is 0 Å². The summed E-state index contributed by atoms with van der Waals surface area (Å²) >= 11 is 0. The number of anilines is 1. The molecule has 1 aromatic heterocycles. The number of carbonyl (C=O) groups excluding carboxylic acids is 1. The molecule has 2 atom stereocenters. The van der Waals surface area contributed by atoms with Crippen molar-refractivity contribution in [1.82, 2.24) is 10.3 Å². The molecule has 2 unspecified atom stereocenters. The number of halogens is 1.